The summed E-state index contributed by atoms with van der Waals surface area (Å²) in [6, 6.07) is 29.9. The van der Waals surface area contributed by atoms with E-state index in [-0.39, 0.29) is 23.0 Å². The fourth-order valence-electron chi connectivity index (χ4n) is 4.77. The molecule has 0 aliphatic carbocycles. The number of ether oxygens (including phenoxy) is 1. The lowest BCUT2D eigenvalue weighted by molar-refractivity contribution is -0.140. The first-order valence-corrected chi connectivity index (χ1v) is 16.8. The highest BCUT2D eigenvalue weighted by Gasteiger charge is 2.33. The van der Waals surface area contributed by atoms with Crippen molar-refractivity contribution in [3.8, 4) is 11.5 Å². The molecule has 4 aromatic rings. The summed E-state index contributed by atoms with van der Waals surface area (Å²) in [5.74, 6) is 0.335. The molecule has 1 atom stereocenters. The average molecular weight is 648 g/mol. The van der Waals surface area contributed by atoms with Gasteiger partial charge in [0.2, 0.25) is 11.8 Å². The van der Waals surface area contributed by atoms with Gasteiger partial charge in [0.25, 0.3) is 10.0 Å². The van der Waals surface area contributed by atoms with Crippen LogP contribution in [0.3, 0.4) is 0 Å². The van der Waals surface area contributed by atoms with Crippen molar-refractivity contribution < 1.29 is 22.7 Å². The average Bonchev–Trinajstić information content (AvgIpc) is 3.06. The summed E-state index contributed by atoms with van der Waals surface area (Å²) >= 11 is 6.10. The Morgan fingerprint density at radius 1 is 0.822 bits per heavy atom. The molecule has 4 aromatic carbocycles. The molecule has 0 fully saturated rings. The molecule has 0 saturated heterocycles. The van der Waals surface area contributed by atoms with Crippen molar-refractivity contribution >= 4 is 39.1 Å². The molecule has 1 unspecified atom stereocenters. The van der Waals surface area contributed by atoms with Crippen molar-refractivity contribution in [2.75, 3.05) is 17.4 Å². The summed E-state index contributed by atoms with van der Waals surface area (Å²) in [6.45, 7) is 3.92. The number of rotatable bonds is 15. The number of carbonyl (C=O) groups excluding carboxylic acids is 2. The van der Waals surface area contributed by atoms with Crippen LogP contribution in [-0.4, -0.2) is 44.3 Å². The van der Waals surface area contributed by atoms with Crippen LogP contribution >= 0.6 is 11.6 Å². The minimum absolute atomic E-state index is 0.0380. The fourth-order valence-corrected chi connectivity index (χ4v) is 6.33. The molecule has 0 saturated carbocycles. The third-order valence-corrected chi connectivity index (χ3v) is 9.24. The molecule has 236 valence electrons. The molecule has 10 heteroatoms. The number of unbranched alkanes of at least 4 members (excludes halogenated alkanes) is 1. The third kappa shape index (κ3) is 9.09. The van der Waals surface area contributed by atoms with Crippen molar-refractivity contribution in [3.63, 3.8) is 0 Å². The lowest BCUT2D eigenvalue weighted by Crippen LogP contribution is -2.52. The second kappa shape index (κ2) is 16.1. The van der Waals surface area contributed by atoms with Crippen LogP contribution in [0.4, 0.5) is 5.69 Å². The van der Waals surface area contributed by atoms with E-state index < -0.39 is 28.5 Å². The number of sulfonamides is 1. The Balaban J connectivity index is 1.69. The minimum atomic E-state index is -4.18. The Morgan fingerprint density at radius 3 is 2.02 bits per heavy atom. The molecule has 0 bridgehead atoms. The van der Waals surface area contributed by atoms with Gasteiger partial charge in [-0.15, -0.1) is 0 Å². The van der Waals surface area contributed by atoms with Crippen LogP contribution in [0.5, 0.6) is 11.5 Å². The maximum absolute atomic E-state index is 14.2. The number of benzene rings is 4. The summed E-state index contributed by atoms with van der Waals surface area (Å²) in [5.41, 5.74) is 1.03. The van der Waals surface area contributed by atoms with Crippen LogP contribution in [0, 0.1) is 0 Å². The lowest BCUT2D eigenvalue weighted by Gasteiger charge is -2.33. The van der Waals surface area contributed by atoms with Gasteiger partial charge in [-0.3, -0.25) is 13.9 Å². The van der Waals surface area contributed by atoms with E-state index in [1.54, 1.807) is 66.7 Å². The van der Waals surface area contributed by atoms with Crippen LogP contribution in [0.15, 0.2) is 114 Å². The van der Waals surface area contributed by atoms with Gasteiger partial charge >= 0.3 is 0 Å². The van der Waals surface area contributed by atoms with Gasteiger partial charge in [-0.1, -0.05) is 80.4 Å². The van der Waals surface area contributed by atoms with Crippen molar-refractivity contribution in [3.05, 3.63) is 120 Å². The first-order valence-electron chi connectivity index (χ1n) is 14.9. The van der Waals surface area contributed by atoms with E-state index in [2.05, 4.69) is 5.32 Å². The monoisotopic (exact) mass is 647 g/mol. The van der Waals surface area contributed by atoms with Crippen molar-refractivity contribution in [1.82, 2.24) is 10.2 Å². The van der Waals surface area contributed by atoms with E-state index in [4.69, 9.17) is 16.3 Å². The molecule has 8 nitrogen and oxygen atoms in total. The zero-order valence-electron chi connectivity index (χ0n) is 25.4. The number of nitrogens with one attached hydrogen (secondary N) is 1. The second-order valence-corrected chi connectivity index (χ2v) is 12.7. The van der Waals surface area contributed by atoms with Crippen LogP contribution in [-0.2, 0) is 26.2 Å². The van der Waals surface area contributed by atoms with Crippen LogP contribution in [0.25, 0.3) is 0 Å². The van der Waals surface area contributed by atoms with Crippen molar-refractivity contribution in [1.29, 1.82) is 0 Å². The van der Waals surface area contributed by atoms with E-state index in [0.717, 1.165) is 22.7 Å². The Kier molecular flexibility index (Phi) is 12.0. The van der Waals surface area contributed by atoms with Gasteiger partial charge in [0.15, 0.2) is 0 Å². The van der Waals surface area contributed by atoms with E-state index in [1.165, 1.54) is 17.0 Å². The third-order valence-electron chi connectivity index (χ3n) is 7.20. The van der Waals surface area contributed by atoms with E-state index >= 15 is 0 Å². The largest absolute Gasteiger partial charge is 0.457 e. The number of nitrogens with zero attached hydrogens (tertiary/aromatic N) is 2. The summed E-state index contributed by atoms with van der Waals surface area (Å²) in [6.07, 6.45) is 2.06. The predicted molar refractivity (Wildman–Crippen MR) is 178 cm³/mol. The number of amides is 2. The van der Waals surface area contributed by atoms with Gasteiger partial charge in [-0.25, -0.2) is 8.42 Å². The van der Waals surface area contributed by atoms with E-state index in [1.807, 2.05) is 44.2 Å². The molecule has 0 aliphatic rings. The Bertz CT molecular complexity index is 1630. The standard InChI is InChI=1S/C35H38ClN3O5S/c1-3-5-24-37-35(41)33(4-2)38(25-27-16-18-28(36)19-17-27)34(40)26-39(45(42,43)32-14-10-7-11-15-32)29-20-22-31(23-21-29)44-30-12-8-6-9-13-30/h6-23,33H,3-5,24-26H2,1-2H3,(H,37,41). The Hall–Kier alpha value is -4.34. The quantitative estimate of drug-likeness (QED) is 0.140. The second-order valence-electron chi connectivity index (χ2n) is 10.5. The topological polar surface area (TPSA) is 96.0 Å². The summed E-state index contributed by atoms with van der Waals surface area (Å²) in [7, 11) is -4.18. The minimum Gasteiger partial charge on any atom is -0.457 e. The molecular weight excluding hydrogens is 610 g/mol. The number of anilines is 1. The number of halogens is 1. The van der Waals surface area contributed by atoms with Crippen molar-refractivity contribution in [2.45, 2.75) is 50.6 Å². The highest BCUT2D eigenvalue weighted by molar-refractivity contribution is 7.92. The highest BCUT2D eigenvalue weighted by Crippen LogP contribution is 2.29. The van der Waals surface area contributed by atoms with Crippen LogP contribution in [0.1, 0.15) is 38.7 Å². The fraction of sp³-hybridized carbons (Fsp3) is 0.257. The zero-order valence-corrected chi connectivity index (χ0v) is 27.0. The molecule has 0 heterocycles. The Morgan fingerprint density at radius 2 is 1.42 bits per heavy atom. The zero-order chi connectivity index (χ0) is 32.2. The van der Waals surface area contributed by atoms with Crippen LogP contribution < -0.4 is 14.4 Å². The predicted octanol–water partition coefficient (Wildman–Crippen LogP) is 7.05. The molecule has 0 aromatic heterocycles. The number of para-hydroxylation sites is 1. The molecular formula is C35H38ClN3O5S. The van der Waals surface area contributed by atoms with Gasteiger partial charge in [0.1, 0.15) is 24.1 Å². The molecule has 45 heavy (non-hydrogen) atoms. The Labute approximate surface area is 270 Å². The van der Waals surface area contributed by atoms with Gasteiger partial charge in [0.05, 0.1) is 10.6 Å². The van der Waals surface area contributed by atoms with Gasteiger partial charge < -0.3 is 15.0 Å². The summed E-state index contributed by atoms with van der Waals surface area (Å²) in [4.78, 5) is 29.0. The van der Waals surface area contributed by atoms with Crippen molar-refractivity contribution in [2.24, 2.45) is 0 Å². The van der Waals surface area contributed by atoms with E-state index in [0.29, 0.717) is 29.5 Å². The molecule has 1 N–H and O–H groups in total. The smallest absolute Gasteiger partial charge is 0.264 e. The molecule has 2 amide bonds. The molecule has 0 radical (unpaired) electrons. The summed E-state index contributed by atoms with van der Waals surface area (Å²) in [5, 5.41) is 3.47. The van der Waals surface area contributed by atoms with Gasteiger partial charge in [-0.05, 0) is 79.1 Å². The first kappa shape index (κ1) is 33.6. The van der Waals surface area contributed by atoms with Gasteiger partial charge in [0, 0.05) is 18.1 Å². The lowest BCUT2D eigenvalue weighted by atomic mass is 10.1. The number of carbonyl (C=O) groups is 2. The number of hydrogen-bond acceptors (Lipinski definition) is 5. The molecule has 0 aliphatic heterocycles. The van der Waals surface area contributed by atoms with Gasteiger partial charge in [-0.2, -0.15) is 0 Å². The SMILES string of the molecule is CCCCNC(=O)C(CC)N(Cc1ccc(Cl)cc1)C(=O)CN(c1ccc(Oc2ccccc2)cc1)S(=O)(=O)c1ccccc1. The summed E-state index contributed by atoms with van der Waals surface area (Å²) < 4.78 is 35.1. The first-order chi connectivity index (χ1) is 21.7. The molecule has 4 rings (SSSR count). The highest BCUT2D eigenvalue weighted by atomic mass is 35.5. The van der Waals surface area contributed by atoms with Crippen LogP contribution in [0.2, 0.25) is 5.02 Å². The van der Waals surface area contributed by atoms with E-state index in [9.17, 15) is 18.0 Å². The maximum Gasteiger partial charge on any atom is 0.264 e. The molecule has 0 spiro atoms. The normalized spacial score (nSPS) is 11.8. The maximum atomic E-state index is 14.2. The number of hydrogen-bond donors (Lipinski definition) is 1.